The molecule has 0 aliphatic carbocycles. The van der Waals surface area contributed by atoms with Crippen molar-refractivity contribution in [3.8, 4) is 11.3 Å². The summed E-state index contributed by atoms with van der Waals surface area (Å²) >= 11 is 3.42. The van der Waals surface area contributed by atoms with Crippen LogP contribution in [0.25, 0.3) is 11.3 Å². The highest BCUT2D eigenvalue weighted by atomic mass is 79.9. The quantitative estimate of drug-likeness (QED) is 0.945. The second-order valence-electron chi connectivity index (χ2n) is 4.36. The van der Waals surface area contributed by atoms with Gasteiger partial charge in [-0.3, -0.25) is 0 Å². The van der Waals surface area contributed by atoms with Gasteiger partial charge in [-0.15, -0.1) is 0 Å². The maximum atomic E-state index is 5.51. The average Bonchev–Trinajstić information content (AvgIpc) is 2.73. The molecule has 1 N–H and O–H groups in total. The Bertz CT molecular complexity index is 502. The molecule has 2 heterocycles. The molecule has 4 heteroatoms. The summed E-state index contributed by atoms with van der Waals surface area (Å²) in [7, 11) is 0. The molecule has 1 aliphatic heterocycles. The van der Waals surface area contributed by atoms with Gasteiger partial charge < -0.3 is 9.73 Å². The Balaban J connectivity index is 1.76. The predicted octanol–water partition coefficient (Wildman–Crippen LogP) is 2.87. The molecule has 0 spiro atoms. The number of aromatic nitrogens is 1. The fraction of sp³-hybridized carbons (Fsp3) is 0.308. The van der Waals surface area contributed by atoms with Crippen LogP contribution in [0.15, 0.2) is 39.4 Å². The van der Waals surface area contributed by atoms with Gasteiger partial charge >= 0.3 is 0 Å². The molecule has 17 heavy (non-hydrogen) atoms. The number of hydrogen-bond donors (Lipinski definition) is 1. The summed E-state index contributed by atoms with van der Waals surface area (Å²) in [6.07, 6.45) is 2.67. The molecule has 1 aromatic carbocycles. The van der Waals surface area contributed by atoms with E-state index >= 15 is 0 Å². The summed E-state index contributed by atoms with van der Waals surface area (Å²) in [4.78, 5) is 4.52. The minimum absolute atomic E-state index is 0.686. The summed E-state index contributed by atoms with van der Waals surface area (Å²) in [6.45, 7) is 2.16. The molecule has 0 bridgehead atoms. The normalized spacial score (nSPS) is 15.8. The van der Waals surface area contributed by atoms with Gasteiger partial charge in [0.05, 0.1) is 0 Å². The van der Waals surface area contributed by atoms with Crippen molar-refractivity contribution >= 4 is 15.9 Å². The number of oxazole rings is 1. The molecule has 0 amide bonds. The Hall–Kier alpha value is -1.13. The van der Waals surface area contributed by atoms with Crippen LogP contribution in [-0.4, -0.2) is 18.1 Å². The van der Waals surface area contributed by atoms with Crippen LogP contribution < -0.4 is 5.32 Å². The lowest BCUT2D eigenvalue weighted by molar-refractivity contribution is 0.318. The summed E-state index contributed by atoms with van der Waals surface area (Å²) < 4.78 is 6.58. The van der Waals surface area contributed by atoms with E-state index in [-0.39, 0.29) is 0 Å². The maximum absolute atomic E-state index is 5.51. The van der Waals surface area contributed by atoms with Gasteiger partial charge in [0.15, 0.2) is 5.89 Å². The molecule has 1 aliphatic rings. The second kappa shape index (κ2) is 4.63. The van der Waals surface area contributed by atoms with Gasteiger partial charge in [-0.25, -0.2) is 4.98 Å². The Morgan fingerprint density at radius 1 is 1.29 bits per heavy atom. The standard InChI is InChI=1S/C13H13BrN2O/c14-11-3-1-10(2-4-11)12-8-17-13(16-12)5-9-6-15-7-9/h1-4,8-9,15H,5-7H2. The lowest BCUT2D eigenvalue weighted by Gasteiger charge is -2.25. The molecule has 0 atom stereocenters. The van der Waals surface area contributed by atoms with E-state index in [9.17, 15) is 0 Å². The van der Waals surface area contributed by atoms with Crippen molar-refractivity contribution in [2.75, 3.05) is 13.1 Å². The summed E-state index contributed by atoms with van der Waals surface area (Å²) in [5, 5.41) is 3.25. The third-order valence-corrected chi connectivity index (χ3v) is 3.55. The number of rotatable bonds is 3. The van der Waals surface area contributed by atoms with Gasteiger partial charge in [0.25, 0.3) is 0 Å². The van der Waals surface area contributed by atoms with Gasteiger partial charge in [0.2, 0.25) is 0 Å². The first kappa shape index (κ1) is 11.0. The van der Waals surface area contributed by atoms with Crippen molar-refractivity contribution in [3.05, 3.63) is 40.9 Å². The van der Waals surface area contributed by atoms with Crippen LogP contribution in [0.4, 0.5) is 0 Å². The Labute approximate surface area is 108 Å². The first-order chi connectivity index (χ1) is 8.31. The smallest absolute Gasteiger partial charge is 0.194 e. The zero-order chi connectivity index (χ0) is 11.7. The number of nitrogens with one attached hydrogen (secondary N) is 1. The Kier molecular flexibility index (Phi) is 2.99. The summed E-state index contributed by atoms with van der Waals surface area (Å²) in [6, 6.07) is 8.10. The molecule has 1 aromatic heterocycles. The largest absolute Gasteiger partial charge is 0.448 e. The summed E-state index contributed by atoms with van der Waals surface area (Å²) in [5.74, 6) is 1.53. The minimum atomic E-state index is 0.686. The lowest BCUT2D eigenvalue weighted by atomic mass is 10.00. The highest BCUT2D eigenvalue weighted by molar-refractivity contribution is 9.10. The molecule has 1 fully saturated rings. The third-order valence-electron chi connectivity index (χ3n) is 3.02. The van der Waals surface area contributed by atoms with E-state index in [4.69, 9.17) is 4.42 Å². The molecule has 0 unspecified atom stereocenters. The highest BCUT2D eigenvalue weighted by Crippen LogP contribution is 2.22. The highest BCUT2D eigenvalue weighted by Gasteiger charge is 2.19. The van der Waals surface area contributed by atoms with Crippen LogP contribution in [0.2, 0.25) is 0 Å². The molecular weight excluding hydrogens is 280 g/mol. The Morgan fingerprint density at radius 2 is 2.06 bits per heavy atom. The molecular formula is C13H13BrN2O. The molecule has 0 saturated carbocycles. The van der Waals surface area contributed by atoms with Crippen molar-refractivity contribution in [1.82, 2.24) is 10.3 Å². The van der Waals surface area contributed by atoms with Crippen LogP contribution >= 0.6 is 15.9 Å². The van der Waals surface area contributed by atoms with Gasteiger partial charge in [0.1, 0.15) is 12.0 Å². The van der Waals surface area contributed by atoms with Crippen molar-refractivity contribution in [2.45, 2.75) is 6.42 Å². The molecule has 1 saturated heterocycles. The van der Waals surface area contributed by atoms with Crippen LogP contribution in [0.1, 0.15) is 5.89 Å². The van der Waals surface area contributed by atoms with Gasteiger partial charge in [-0.05, 0) is 31.1 Å². The van der Waals surface area contributed by atoms with E-state index in [1.807, 2.05) is 24.3 Å². The molecule has 3 nitrogen and oxygen atoms in total. The molecule has 3 rings (SSSR count). The van der Waals surface area contributed by atoms with Gasteiger partial charge in [-0.1, -0.05) is 28.1 Å². The van der Waals surface area contributed by atoms with E-state index < -0.39 is 0 Å². The van der Waals surface area contributed by atoms with E-state index in [1.165, 1.54) is 0 Å². The second-order valence-corrected chi connectivity index (χ2v) is 5.28. The van der Waals surface area contributed by atoms with Gasteiger partial charge in [-0.2, -0.15) is 0 Å². The zero-order valence-electron chi connectivity index (χ0n) is 9.32. The van der Waals surface area contributed by atoms with Gasteiger partial charge in [0, 0.05) is 16.5 Å². The monoisotopic (exact) mass is 292 g/mol. The summed E-state index contributed by atoms with van der Waals surface area (Å²) in [5.41, 5.74) is 2.01. The Morgan fingerprint density at radius 3 is 2.71 bits per heavy atom. The fourth-order valence-corrected chi connectivity index (χ4v) is 2.16. The van der Waals surface area contributed by atoms with Crippen LogP contribution in [0, 0.1) is 5.92 Å². The third kappa shape index (κ3) is 2.42. The minimum Gasteiger partial charge on any atom is -0.448 e. The van der Waals surface area contributed by atoms with E-state index in [0.29, 0.717) is 5.92 Å². The number of nitrogens with zero attached hydrogens (tertiary/aromatic N) is 1. The van der Waals surface area contributed by atoms with Crippen LogP contribution in [0.5, 0.6) is 0 Å². The molecule has 0 radical (unpaired) electrons. The molecule has 2 aromatic rings. The zero-order valence-corrected chi connectivity index (χ0v) is 10.9. The first-order valence-electron chi connectivity index (χ1n) is 5.72. The van der Waals surface area contributed by atoms with Crippen molar-refractivity contribution in [1.29, 1.82) is 0 Å². The average molecular weight is 293 g/mol. The number of benzene rings is 1. The lowest BCUT2D eigenvalue weighted by Crippen LogP contribution is -2.43. The fourth-order valence-electron chi connectivity index (χ4n) is 1.90. The van der Waals surface area contributed by atoms with Crippen LogP contribution in [0.3, 0.4) is 0 Å². The van der Waals surface area contributed by atoms with Crippen molar-refractivity contribution < 1.29 is 4.42 Å². The van der Waals surface area contributed by atoms with Crippen molar-refractivity contribution in [3.63, 3.8) is 0 Å². The van der Waals surface area contributed by atoms with E-state index in [0.717, 1.165) is 41.1 Å². The van der Waals surface area contributed by atoms with Crippen LogP contribution in [-0.2, 0) is 6.42 Å². The topological polar surface area (TPSA) is 38.1 Å². The predicted molar refractivity (Wildman–Crippen MR) is 69.7 cm³/mol. The molecule has 88 valence electrons. The van der Waals surface area contributed by atoms with Crippen molar-refractivity contribution in [2.24, 2.45) is 5.92 Å². The van der Waals surface area contributed by atoms with E-state index in [2.05, 4.69) is 26.2 Å². The number of hydrogen-bond acceptors (Lipinski definition) is 3. The van der Waals surface area contributed by atoms with E-state index in [1.54, 1.807) is 6.26 Å². The number of halogens is 1. The maximum Gasteiger partial charge on any atom is 0.194 e. The first-order valence-corrected chi connectivity index (χ1v) is 6.51. The SMILES string of the molecule is Brc1ccc(-c2coc(CC3CNC3)n2)cc1.